The first kappa shape index (κ1) is 16.3. The minimum absolute atomic E-state index is 0.0599. The highest BCUT2D eigenvalue weighted by Gasteiger charge is 2.39. The Balaban J connectivity index is 1.12. The van der Waals surface area contributed by atoms with Gasteiger partial charge in [-0.25, -0.2) is 4.79 Å². The lowest BCUT2D eigenvalue weighted by molar-refractivity contribution is 0.236. The van der Waals surface area contributed by atoms with Gasteiger partial charge in [-0.2, -0.15) is 0 Å². The lowest BCUT2D eigenvalue weighted by Crippen LogP contribution is -2.41. The lowest BCUT2D eigenvalue weighted by atomic mass is 9.98. The van der Waals surface area contributed by atoms with E-state index in [0.29, 0.717) is 18.4 Å². The van der Waals surface area contributed by atoms with Crippen LogP contribution in [0.1, 0.15) is 30.1 Å². The predicted octanol–water partition coefficient (Wildman–Crippen LogP) is 2.85. The number of aryl methyl sites for hydroxylation is 1. The van der Waals surface area contributed by atoms with Crippen LogP contribution in [0.4, 0.5) is 4.79 Å². The number of hydrogen-bond donors (Lipinski definition) is 2. The first-order valence-corrected chi connectivity index (χ1v) is 9.66. The summed E-state index contributed by atoms with van der Waals surface area (Å²) < 4.78 is 2.09. The molecule has 6 nitrogen and oxygen atoms in total. The first-order valence-electron chi connectivity index (χ1n) is 9.66. The van der Waals surface area contributed by atoms with E-state index in [1.54, 1.807) is 6.33 Å². The number of fused-ring (bicyclic) bond motifs is 2. The molecule has 0 saturated heterocycles. The molecule has 1 saturated carbocycles. The van der Waals surface area contributed by atoms with Crippen LogP contribution in [0.25, 0.3) is 10.8 Å². The fraction of sp³-hybridized carbons (Fsp3) is 0.381. The van der Waals surface area contributed by atoms with Crippen LogP contribution in [0.15, 0.2) is 48.8 Å². The Morgan fingerprint density at radius 1 is 1.19 bits per heavy atom. The van der Waals surface area contributed by atoms with E-state index >= 15 is 0 Å². The van der Waals surface area contributed by atoms with Crippen LogP contribution in [0.2, 0.25) is 0 Å². The third-order valence-electron chi connectivity index (χ3n) is 5.81. The summed E-state index contributed by atoms with van der Waals surface area (Å²) in [5, 5.41) is 16.8. The van der Waals surface area contributed by atoms with Gasteiger partial charge in [0.1, 0.15) is 12.2 Å². The molecule has 2 amide bonds. The number of rotatable bonds is 4. The summed E-state index contributed by atoms with van der Waals surface area (Å²) in [7, 11) is 0. The van der Waals surface area contributed by atoms with E-state index < -0.39 is 0 Å². The van der Waals surface area contributed by atoms with Crippen molar-refractivity contribution in [2.45, 2.75) is 37.8 Å². The SMILES string of the molecule is O=C(NCC1CCn2cnnc2C1)N[C@@H]1C[C@H]1c1ccc2ccccc2c1. The van der Waals surface area contributed by atoms with Crippen molar-refractivity contribution in [2.75, 3.05) is 6.54 Å². The molecule has 1 aromatic heterocycles. The summed E-state index contributed by atoms with van der Waals surface area (Å²) in [6.45, 7) is 1.62. The van der Waals surface area contributed by atoms with Gasteiger partial charge in [-0.1, -0.05) is 42.5 Å². The second kappa shape index (κ2) is 6.68. The standard InChI is InChI=1S/C21H23N5O/c27-21(22-12-14-7-8-26-13-23-25-20(26)9-14)24-19-11-18(19)17-6-5-15-3-1-2-4-16(15)10-17/h1-6,10,13-14,18-19H,7-9,11-12H2,(H2,22,24,27)/t14?,18-,19+/m0/s1. The average molecular weight is 361 g/mol. The number of urea groups is 1. The van der Waals surface area contributed by atoms with Crippen molar-refractivity contribution in [3.8, 4) is 0 Å². The van der Waals surface area contributed by atoms with Crippen LogP contribution >= 0.6 is 0 Å². The molecular formula is C21H23N5O. The Morgan fingerprint density at radius 3 is 3.00 bits per heavy atom. The van der Waals surface area contributed by atoms with E-state index in [1.165, 1.54) is 16.3 Å². The summed E-state index contributed by atoms with van der Waals surface area (Å²) in [6, 6.07) is 15.2. The number of aromatic nitrogens is 3. The smallest absolute Gasteiger partial charge is 0.315 e. The van der Waals surface area contributed by atoms with Gasteiger partial charge >= 0.3 is 6.03 Å². The monoisotopic (exact) mass is 361 g/mol. The molecule has 0 spiro atoms. The van der Waals surface area contributed by atoms with Gasteiger partial charge in [0, 0.05) is 31.5 Å². The summed E-state index contributed by atoms with van der Waals surface area (Å²) in [4.78, 5) is 12.3. The number of carbonyl (C=O) groups is 1. The molecule has 5 rings (SSSR count). The molecule has 1 aliphatic carbocycles. The summed E-state index contributed by atoms with van der Waals surface area (Å²) in [5.74, 6) is 1.88. The zero-order valence-corrected chi connectivity index (χ0v) is 15.1. The Morgan fingerprint density at radius 2 is 2.07 bits per heavy atom. The van der Waals surface area contributed by atoms with Crippen molar-refractivity contribution >= 4 is 16.8 Å². The minimum Gasteiger partial charge on any atom is -0.338 e. The van der Waals surface area contributed by atoms with Crippen LogP contribution in [-0.4, -0.2) is 33.4 Å². The van der Waals surface area contributed by atoms with E-state index in [1.807, 2.05) is 0 Å². The molecule has 3 aromatic rings. The molecule has 0 radical (unpaired) electrons. The molecule has 138 valence electrons. The van der Waals surface area contributed by atoms with Gasteiger partial charge in [-0.3, -0.25) is 0 Å². The second-order valence-corrected chi connectivity index (χ2v) is 7.71. The Kier molecular flexibility index (Phi) is 4.03. The van der Waals surface area contributed by atoms with Gasteiger partial charge in [0.15, 0.2) is 0 Å². The number of carbonyl (C=O) groups excluding carboxylic acids is 1. The van der Waals surface area contributed by atoms with Crippen LogP contribution in [0.5, 0.6) is 0 Å². The molecule has 0 bridgehead atoms. The molecule has 2 aliphatic rings. The largest absolute Gasteiger partial charge is 0.338 e. The molecule has 1 fully saturated rings. The highest BCUT2D eigenvalue weighted by molar-refractivity contribution is 5.83. The fourth-order valence-corrected chi connectivity index (χ4v) is 4.10. The molecule has 3 atom stereocenters. The fourth-order valence-electron chi connectivity index (χ4n) is 4.10. The number of nitrogens with one attached hydrogen (secondary N) is 2. The second-order valence-electron chi connectivity index (χ2n) is 7.71. The zero-order chi connectivity index (χ0) is 18.2. The summed E-state index contributed by atoms with van der Waals surface area (Å²) in [6.07, 6.45) is 4.72. The van der Waals surface area contributed by atoms with Crippen molar-refractivity contribution in [3.05, 3.63) is 60.2 Å². The quantitative estimate of drug-likeness (QED) is 0.751. The molecule has 2 aromatic carbocycles. The molecule has 1 aliphatic heterocycles. The molecule has 2 heterocycles. The van der Waals surface area contributed by atoms with Crippen molar-refractivity contribution in [2.24, 2.45) is 5.92 Å². The molecule has 6 heteroatoms. The van der Waals surface area contributed by atoms with E-state index in [2.05, 4.69) is 67.9 Å². The van der Waals surface area contributed by atoms with E-state index in [0.717, 1.165) is 31.6 Å². The normalized spacial score (nSPS) is 23.6. The molecule has 2 N–H and O–H groups in total. The van der Waals surface area contributed by atoms with E-state index in [-0.39, 0.29) is 12.1 Å². The van der Waals surface area contributed by atoms with Crippen molar-refractivity contribution in [3.63, 3.8) is 0 Å². The van der Waals surface area contributed by atoms with Gasteiger partial charge in [0.2, 0.25) is 0 Å². The van der Waals surface area contributed by atoms with Crippen molar-refractivity contribution in [1.29, 1.82) is 0 Å². The number of benzene rings is 2. The molecule has 1 unspecified atom stereocenters. The average Bonchev–Trinajstić information content (AvgIpc) is 3.30. The topological polar surface area (TPSA) is 71.8 Å². The number of amides is 2. The zero-order valence-electron chi connectivity index (χ0n) is 15.1. The third kappa shape index (κ3) is 3.39. The van der Waals surface area contributed by atoms with Crippen LogP contribution in [-0.2, 0) is 13.0 Å². The maximum Gasteiger partial charge on any atom is 0.315 e. The van der Waals surface area contributed by atoms with Crippen LogP contribution in [0, 0.1) is 5.92 Å². The Bertz CT molecular complexity index is 981. The van der Waals surface area contributed by atoms with E-state index in [4.69, 9.17) is 0 Å². The minimum atomic E-state index is -0.0599. The Labute approximate surface area is 158 Å². The highest BCUT2D eigenvalue weighted by atomic mass is 16.2. The van der Waals surface area contributed by atoms with Crippen molar-refractivity contribution in [1.82, 2.24) is 25.4 Å². The maximum absolute atomic E-state index is 12.3. The first-order chi connectivity index (χ1) is 13.3. The predicted molar refractivity (Wildman–Crippen MR) is 103 cm³/mol. The van der Waals surface area contributed by atoms with Gasteiger partial charge in [0.05, 0.1) is 0 Å². The molecular weight excluding hydrogens is 338 g/mol. The summed E-state index contributed by atoms with van der Waals surface area (Å²) in [5.41, 5.74) is 1.31. The van der Waals surface area contributed by atoms with Gasteiger partial charge in [0.25, 0.3) is 0 Å². The maximum atomic E-state index is 12.3. The lowest BCUT2D eigenvalue weighted by Gasteiger charge is -2.22. The van der Waals surface area contributed by atoms with Crippen LogP contribution < -0.4 is 10.6 Å². The van der Waals surface area contributed by atoms with Gasteiger partial charge in [-0.15, -0.1) is 10.2 Å². The van der Waals surface area contributed by atoms with Gasteiger partial charge < -0.3 is 15.2 Å². The van der Waals surface area contributed by atoms with Gasteiger partial charge in [-0.05, 0) is 35.1 Å². The van der Waals surface area contributed by atoms with Crippen molar-refractivity contribution < 1.29 is 4.79 Å². The summed E-state index contributed by atoms with van der Waals surface area (Å²) >= 11 is 0. The third-order valence-corrected chi connectivity index (χ3v) is 5.81. The number of nitrogens with zero attached hydrogens (tertiary/aromatic N) is 3. The van der Waals surface area contributed by atoms with E-state index in [9.17, 15) is 4.79 Å². The Hall–Kier alpha value is -2.89. The highest BCUT2D eigenvalue weighted by Crippen LogP contribution is 2.41. The van der Waals surface area contributed by atoms with Crippen LogP contribution in [0.3, 0.4) is 0 Å². The number of hydrogen-bond acceptors (Lipinski definition) is 3. The molecule has 27 heavy (non-hydrogen) atoms.